The quantitative estimate of drug-likeness (QED) is 0.822. The Hall–Kier alpha value is -1.75. The lowest BCUT2D eigenvalue weighted by Crippen LogP contribution is -1.98. The standard InChI is InChI=1S/C12H15N3OS/c1-3-16-9-7-5-4-6-8(9)10-11(13)15(2)12(17)14-10/h4-7H,3,13H2,1-2H3,(H,14,17). The van der Waals surface area contributed by atoms with Crippen LogP contribution in [0.25, 0.3) is 11.3 Å². The van der Waals surface area contributed by atoms with Crippen molar-refractivity contribution < 1.29 is 4.74 Å². The van der Waals surface area contributed by atoms with Gasteiger partial charge in [0.25, 0.3) is 0 Å². The third kappa shape index (κ3) is 2.06. The summed E-state index contributed by atoms with van der Waals surface area (Å²) in [5.41, 5.74) is 7.75. The zero-order valence-electron chi connectivity index (χ0n) is 9.86. The van der Waals surface area contributed by atoms with Crippen LogP contribution < -0.4 is 10.5 Å². The Bertz CT molecular complexity index is 586. The molecule has 0 saturated heterocycles. The third-order valence-corrected chi connectivity index (χ3v) is 2.99. The molecule has 17 heavy (non-hydrogen) atoms. The molecule has 0 bridgehead atoms. The number of nitrogens with zero attached hydrogens (tertiary/aromatic N) is 1. The number of nitrogens with two attached hydrogens (primary N) is 1. The first-order chi connectivity index (χ1) is 8.15. The zero-order chi connectivity index (χ0) is 12.4. The molecule has 0 saturated carbocycles. The fourth-order valence-electron chi connectivity index (χ4n) is 1.69. The normalized spacial score (nSPS) is 10.5. The maximum Gasteiger partial charge on any atom is 0.178 e. The number of H-pyrrole nitrogens is 1. The largest absolute Gasteiger partial charge is 0.493 e. The molecule has 4 nitrogen and oxygen atoms in total. The van der Waals surface area contributed by atoms with Crippen LogP contribution in [0, 0.1) is 4.77 Å². The topological polar surface area (TPSA) is 56.0 Å². The number of aromatic nitrogens is 2. The average Bonchev–Trinajstić information content (AvgIpc) is 2.58. The number of nitrogens with one attached hydrogen (secondary N) is 1. The smallest absolute Gasteiger partial charge is 0.178 e. The van der Waals surface area contributed by atoms with E-state index in [-0.39, 0.29) is 0 Å². The maximum absolute atomic E-state index is 6.01. The van der Waals surface area contributed by atoms with Crippen LogP contribution in [0.4, 0.5) is 5.82 Å². The van der Waals surface area contributed by atoms with E-state index in [0.717, 1.165) is 17.0 Å². The first-order valence-corrected chi connectivity index (χ1v) is 5.82. The number of para-hydroxylation sites is 1. The van der Waals surface area contributed by atoms with Crippen LogP contribution in [-0.4, -0.2) is 16.2 Å². The Morgan fingerprint density at radius 3 is 2.71 bits per heavy atom. The van der Waals surface area contributed by atoms with Crippen molar-refractivity contribution in [1.29, 1.82) is 0 Å². The minimum absolute atomic E-state index is 0.601. The molecule has 0 unspecified atom stereocenters. The van der Waals surface area contributed by atoms with Crippen LogP contribution >= 0.6 is 12.2 Å². The Morgan fingerprint density at radius 1 is 1.41 bits per heavy atom. The number of imidazole rings is 1. The van der Waals surface area contributed by atoms with Gasteiger partial charge in [0.2, 0.25) is 0 Å². The maximum atomic E-state index is 6.01. The van der Waals surface area contributed by atoms with Gasteiger partial charge in [-0.05, 0) is 31.3 Å². The zero-order valence-corrected chi connectivity index (χ0v) is 10.7. The van der Waals surface area contributed by atoms with Gasteiger partial charge in [0, 0.05) is 12.6 Å². The summed E-state index contributed by atoms with van der Waals surface area (Å²) in [6.45, 7) is 2.57. The second-order valence-corrected chi connectivity index (χ2v) is 4.07. The van der Waals surface area contributed by atoms with Gasteiger partial charge < -0.3 is 20.0 Å². The molecule has 0 fully saturated rings. The SMILES string of the molecule is CCOc1ccccc1-c1[nH]c(=S)n(C)c1N. The van der Waals surface area contributed by atoms with Crippen molar-refractivity contribution in [3.63, 3.8) is 0 Å². The second-order valence-electron chi connectivity index (χ2n) is 3.68. The van der Waals surface area contributed by atoms with Crippen molar-refractivity contribution in [3.8, 4) is 17.0 Å². The first-order valence-electron chi connectivity index (χ1n) is 5.41. The summed E-state index contributed by atoms with van der Waals surface area (Å²) in [6, 6.07) is 7.76. The van der Waals surface area contributed by atoms with Gasteiger partial charge in [-0.25, -0.2) is 0 Å². The highest BCUT2D eigenvalue weighted by Gasteiger charge is 2.12. The van der Waals surface area contributed by atoms with Crippen molar-refractivity contribution in [3.05, 3.63) is 29.0 Å². The van der Waals surface area contributed by atoms with Gasteiger partial charge in [0.1, 0.15) is 11.6 Å². The van der Waals surface area contributed by atoms with E-state index in [4.69, 9.17) is 22.7 Å². The van der Waals surface area contributed by atoms with Crippen LogP contribution in [-0.2, 0) is 7.05 Å². The lowest BCUT2D eigenvalue weighted by Gasteiger charge is -2.09. The summed E-state index contributed by atoms with van der Waals surface area (Å²) in [4.78, 5) is 3.10. The highest BCUT2D eigenvalue weighted by atomic mass is 32.1. The molecule has 0 radical (unpaired) electrons. The molecule has 0 atom stereocenters. The predicted octanol–water partition coefficient (Wildman–Crippen LogP) is 2.73. The number of hydrogen-bond donors (Lipinski definition) is 2. The molecule has 0 spiro atoms. The Labute approximate surface area is 105 Å². The van der Waals surface area contributed by atoms with Crippen LogP contribution in [0.3, 0.4) is 0 Å². The number of anilines is 1. The van der Waals surface area contributed by atoms with E-state index in [1.807, 2.05) is 38.2 Å². The van der Waals surface area contributed by atoms with E-state index < -0.39 is 0 Å². The molecule has 2 aromatic rings. The summed E-state index contributed by atoms with van der Waals surface area (Å²) < 4.78 is 7.92. The molecule has 0 amide bonds. The molecule has 0 aliphatic carbocycles. The van der Waals surface area contributed by atoms with Crippen molar-refractivity contribution in [2.75, 3.05) is 12.3 Å². The van der Waals surface area contributed by atoms with Gasteiger partial charge in [-0.2, -0.15) is 0 Å². The molecule has 2 rings (SSSR count). The highest BCUT2D eigenvalue weighted by Crippen LogP contribution is 2.32. The minimum atomic E-state index is 0.601. The van der Waals surface area contributed by atoms with Gasteiger partial charge >= 0.3 is 0 Å². The van der Waals surface area contributed by atoms with Crippen LogP contribution in [0.2, 0.25) is 0 Å². The minimum Gasteiger partial charge on any atom is -0.493 e. The fraction of sp³-hybridized carbons (Fsp3) is 0.250. The number of aromatic amines is 1. The van der Waals surface area contributed by atoms with E-state index in [1.165, 1.54) is 0 Å². The van der Waals surface area contributed by atoms with Crippen LogP contribution in [0.1, 0.15) is 6.92 Å². The van der Waals surface area contributed by atoms with Gasteiger partial charge in [0.05, 0.1) is 12.3 Å². The Morgan fingerprint density at radius 2 is 2.12 bits per heavy atom. The monoisotopic (exact) mass is 249 g/mol. The lowest BCUT2D eigenvalue weighted by molar-refractivity contribution is 0.341. The number of nitrogen functional groups attached to an aromatic ring is 1. The highest BCUT2D eigenvalue weighted by molar-refractivity contribution is 7.71. The van der Waals surface area contributed by atoms with Crippen molar-refractivity contribution >= 4 is 18.0 Å². The van der Waals surface area contributed by atoms with Crippen LogP contribution in [0.15, 0.2) is 24.3 Å². The number of ether oxygens (including phenoxy) is 1. The molecule has 1 aromatic carbocycles. The van der Waals surface area contributed by atoms with E-state index in [2.05, 4.69) is 4.98 Å². The lowest BCUT2D eigenvalue weighted by atomic mass is 10.1. The van der Waals surface area contributed by atoms with Gasteiger partial charge in [0.15, 0.2) is 4.77 Å². The van der Waals surface area contributed by atoms with Crippen molar-refractivity contribution in [2.24, 2.45) is 7.05 Å². The third-order valence-electron chi connectivity index (χ3n) is 2.61. The molecule has 5 heteroatoms. The fourth-order valence-corrected chi connectivity index (χ4v) is 1.89. The number of hydrogen-bond acceptors (Lipinski definition) is 3. The summed E-state index contributed by atoms with van der Waals surface area (Å²) in [5, 5.41) is 0. The molecule has 1 heterocycles. The predicted molar refractivity (Wildman–Crippen MR) is 71.6 cm³/mol. The van der Waals surface area contributed by atoms with E-state index in [0.29, 0.717) is 17.2 Å². The number of benzene rings is 1. The Balaban J connectivity index is 2.60. The van der Waals surface area contributed by atoms with Crippen molar-refractivity contribution in [2.45, 2.75) is 6.92 Å². The molecule has 1 aromatic heterocycles. The number of rotatable bonds is 3. The molecule has 90 valence electrons. The van der Waals surface area contributed by atoms with E-state index in [9.17, 15) is 0 Å². The molecule has 3 N–H and O–H groups in total. The van der Waals surface area contributed by atoms with Gasteiger partial charge in [-0.3, -0.25) is 0 Å². The second kappa shape index (κ2) is 4.63. The molecule has 0 aliphatic heterocycles. The van der Waals surface area contributed by atoms with Crippen LogP contribution in [0.5, 0.6) is 5.75 Å². The van der Waals surface area contributed by atoms with Gasteiger partial charge in [-0.1, -0.05) is 12.1 Å². The Kier molecular flexibility index (Phi) is 3.19. The van der Waals surface area contributed by atoms with E-state index >= 15 is 0 Å². The van der Waals surface area contributed by atoms with Crippen molar-refractivity contribution in [1.82, 2.24) is 9.55 Å². The summed E-state index contributed by atoms with van der Waals surface area (Å²) in [6.07, 6.45) is 0. The molecule has 0 aliphatic rings. The molecular weight excluding hydrogens is 234 g/mol. The van der Waals surface area contributed by atoms with Gasteiger partial charge in [-0.15, -0.1) is 0 Å². The molecular formula is C12H15N3OS. The summed E-state index contributed by atoms with van der Waals surface area (Å²) in [5.74, 6) is 1.42. The van der Waals surface area contributed by atoms with E-state index in [1.54, 1.807) is 4.57 Å². The average molecular weight is 249 g/mol. The first kappa shape index (κ1) is 11.7. The summed E-state index contributed by atoms with van der Waals surface area (Å²) >= 11 is 5.16. The summed E-state index contributed by atoms with van der Waals surface area (Å²) in [7, 11) is 1.83.